The van der Waals surface area contributed by atoms with Crippen molar-refractivity contribution in [1.29, 1.82) is 0 Å². The Balaban J connectivity index is 1.71. The number of hydrogen-bond donors (Lipinski definition) is 1. The maximum absolute atomic E-state index is 10.8. The highest BCUT2D eigenvalue weighted by atomic mass is 32.2. The third-order valence-corrected chi connectivity index (χ3v) is 5.07. The first kappa shape index (κ1) is 14.1. The van der Waals surface area contributed by atoms with E-state index in [4.69, 9.17) is 0 Å². The molecule has 110 valence electrons. The van der Waals surface area contributed by atoms with Gasteiger partial charge in [-0.1, -0.05) is 6.42 Å². The van der Waals surface area contributed by atoms with E-state index in [0.29, 0.717) is 5.25 Å². The molecule has 21 heavy (non-hydrogen) atoms. The second kappa shape index (κ2) is 6.30. The first-order valence-electron chi connectivity index (χ1n) is 7.13. The quantitative estimate of drug-likeness (QED) is 0.686. The van der Waals surface area contributed by atoms with Gasteiger partial charge in [0, 0.05) is 29.3 Å². The molecule has 0 aliphatic carbocycles. The van der Waals surface area contributed by atoms with Gasteiger partial charge >= 0.3 is 0 Å². The Kier molecular flexibility index (Phi) is 4.24. The molecule has 2 aromatic rings. The fourth-order valence-electron chi connectivity index (χ4n) is 2.51. The van der Waals surface area contributed by atoms with Crippen molar-refractivity contribution >= 4 is 34.2 Å². The van der Waals surface area contributed by atoms with E-state index in [2.05, 4.69) is 10.3 Å². The molecule has 6 heteroatoms. The Morgan fingerprint density at radius 2 is 2.24 bits per heavy atom. The van der Waals surface area contributed by atoms with Crippen molar-refractivity contribution in [3.63, 3.8) is 0 Å². The molecule has 0 radical (unpaired) electrons. The molecule has 3 rings (SSSR count). The van der Waals surface area contributed by atoms with Crippen LogP contribution in [-0.2, 0) is 0 Å². The molecule has 0 saturated carbocycles. The molecule has 0 spiro atoms. The van der Waals surface area contributed by atoms with Crippen LogP contribution >= 0.6 is 11.8 Å². The van der Waals surface area contributed by atoms with Gasteiger partial charge in [0.1, 0.15) is 5.82 Å². The molecule has 1 aromatic carbocycles. The van der Waals surface area contributed by atoms with Gasteiger partial charge in [-0.15, -0.1) is 0 Å². The number of benzene rings is 1. The van der Waals surface area contributed by atoms with E-state index >= 15 is 0 Å². The van der Waals surface area contributed by atoms with E-state index in [1.807, 2.05) is 23.9 Å². The van der Waals surface area contributed by atoms with Crippen molar-refractivity contribution in [3.05, 3.63) is 40.4 Å². The average Bonchev–Trinajstić information content (AvgIpc) is 2.53. The molecular formula is C15H17N3O2S. The van der Waals surface area contributed by atoms with Crippen LogP contribution in [0.3, 0.4) is 0 Å². The third-order valence-electron chi connectivity index (χ3n) is 3.67. The molecule has 1 aliphatic heterocycles. The van der Waals surface area contributed by atoms with Crippen LogP contribution in [-0.4, -0.2) is 27.5 Å². The summed E-state index contributed by atoms with van der Waals surface area (Å²) in [5.74, 6) is 2.09. The molecule has 1 fully saturated rings. The zero-order valence-corrected chi connectivity index (χ0v) is 12.4. The van der Waals surface area contributed by atoms with Gasteiger partial charge in [-0.25, -0.2) is 4.98 Å². The van der Waals surface area contributed by atoms with Gasteiger partial charge in [-0.05, 0) is 36.8 Å². The largest absolute Gasteiger partial charge is 0.369 e. The number of fused-ring (bicyclic) bond motifs is 1. The van der Waals surface area contributed by atoms with Crippen LogP contribution in [0.1, 0.15) is 19.3 Å². The number of pyridine rings is 1. The van der Waals surface area contributed by atoms with E-state index in [0.717, 1.165) is 23.3 Å². The van der Waals surface area contributed by atoms with E-state index in [9.17, 15) is 10.1 Å². The normalized spacial score (nSPS) is 18.6. The van der Waals surface area contributed by atoms with Crippen molar-refractivity contribution < 1.29 is 4.92 Å². The molecule has 1 N–H and O–H groups in total. The number of anilines is 1. The number of aromatic nitrogens is 1. The Morgan fingerprint density at radius 3 is 3.00 bits per heavy atom. The predicted molar refractivity (Wildman–Crippen MR) is 87.0 cm³/mol. The Bertz CT molecular complexity index is 656. The summed E-state index contributed by atoms with van der Waals surface area (Å²) in [4.78, 5) is 14.9. The summed E-state index contributed by atoms with van der Waals surface area (Å²) in [7, 11) is 0. The van der Waals surface area contributed by atoms with E-state index in [1.165, 1.54) is 31.1 Å². The van der Waals surface area contributed by atoms with E-state index in [-0.39, 0.29) is 10.6 Å². The van der Waals surface area contributed by atoms with Gasteiger partial charge in [0.2, 0.25) is 0 Å². The van der Waals surface area contributed by atoms with Gasteiger partial charge in [-0.2, -0.15) is 11.8 Å². The summed E-state index contributed by atoms with van der Waals surface area (Å²) in [5, 5.41) is 15.6. The highest BCUT2D eigenvalue weighted by molar-refractivity contribution is 7.99. The highest BCUT2D eigenvalue weighted by Gasteiger charge is 2.13. The fraction of sp³-hybridized carbons (Fsp3) is 0.400. The van der Waals surface area contributed by atoms with Crippen molar-refractivity contribution in [2.45, 2.75) is 24.5 Å². The lowest BCUT2D eigenvalue weighted by molar-refractivity contribution is -0.384. The number of thioether (sulfide) groups is 1. The number of nitro benzene ring substituents is 1. The summed E-state index contributed by atoms with van der Waals surface area (Å²) in [6.45, 7) is 0.927. The smallest absolute Gasteiger partial charge is 0.270 e. The Labute approximate surface area is 127 Å². The van der Waals surface area contributed by atoms with Gasteiger partial charge in [-0.3, -0.25) is 10.1 Å². The number of nitro groups is 1. The number of nitrogens with zero attached hydrogens (tertiary/aromatic N) is 2. The fourth-order valence-corrected chi connectivity index (χ4v) is 3.75. The van der Waals surface area contributed by atoms with Crippen LogP contribution in [0.25, 0.3) is 10.9 Å². The maximum atomic E-state index is 10.8. The molecule has 1 aliphatic rings. The van der Waals surface area contributed by atoms with Crippen molar-refractivity contribution in [2.75, 3.05) is 17.6 Å². The molecule has 1 saturated heterocycles. The average molecular weight is 303 g/mol. The Morgan fingerprint density at radius 1 is 1.33 bits per heavy atom. The van der Waals surface area contributed by atoms with Gasteiger partial charge in [0.25, 0.3) is 5.69 Å². The molecule has 1 aromatic heterocycles. The van der Waals surface area contributed by atoms with E-state index < -0.39 is 0 Å². The van der Waals surface area contributed by atoms with Crippen LogP contribution in [0, 0.1) is 10.1 Å². The lowest BCUT2D eigenvalue weighted by Gasteiger charge is -2.21. The first-order valence-corrected chi connectivity index (χ1v) is 8.18. The lowest BCUT2D eigenvalue weighted by atomic mass is 10.2. The van der Waals surface area contributed by atoms with Crippen molar-refractivity contribution in [2.24, 2.45) is 0 Å². The minimum absolute atomic E-state index is 0.101. The minimum Gasteiger partial charge on any atom is -0.369 e. The topological polar surface area (TPSA) is 68.1 Å². The first-order chi connectivity index (χ1) is 10.2. The van der Waals surface area contributed by atoms with Gasteiger partial charge in [0.15, 0.2) is 0 Å². The molecule has 1 unspecified atom stereocenters. The standard InChI is InChI=1S/C15H17N3O2S/c19-18(20)12-5-6-14-11(9-12)4-7-15(17-14)16-10-13-3-1-2-8-21-13/h4-7,9,13H,1-3,8,10H2,(H,16,17). The number of nitrogens with one attached hydrogen (secondary N) is 1. The molecule has 1 atom stereocenters. The second-order valence-electron chi connectivity index (χ2n) is 5.20. The van der Waals surface area contributed by atoms with Crippen molar-refractivity contribution in [1.82, 2.24) is 4.98 Å². The SMILES string of the molecule is O=[N+]([O-])c1ccc2nc(NCC3CCCCS3)ccc2c1. The highest BCUT2D eigenvalue weighted by Crippen LogP contribution is 2.26. The number of non-ortho nitro benzene ring substituents is 1. The predicted octanol–water partition coefficient (Wildman–Crippen LogP) is 3.84. The minimum atomic E-state index is -0.383. The Hall–Kier alpha value is -1.82. The molecule has 2 heterocycles. The second-order valence-corrected chi connectivity index (χ2v) is 6.61. The van der Waals surface area contributed by atoms with Crippen LogP contribution in [0.15, 0.2) is 30.3 Å². The summed E-state index contributed by atoms with van der Waals surface area (Å²) in [6, 6.07) is 8.53. The zero-order chi connectivity index (χ0) is 14.7. The summed E-state index contributed by atoms with van der Waals surface area (Å²) in [6.07, 6.45) is 3.90. The number of hydrogen-bond acceptors (Lipinski definition) is 5. The van der Waals surface area contributed by atoms with Crippen LogP contribution < -0.4 is 5.32 Å². The van der Waals surface area contributed by atoms with Crippen LogP contribution in [0.4, 0.5) is 11.5 Å². The summed E-state index contributed by atoms with van der Waals surface area (Å²) in [5.41, 5.74) is 0.880. The summed E-state index contributed by atoms with van der Waals surface area (Å²) < 4.78 is 0. The van der Waals surface area contributed by atoms with Crippen molar-refractivity contribution in [3.8, 4) is 0 Å². The monoisotopic (exact) mass is 303 g/mol. The zero-order valence-electron chi connectivity index (χ0n) is 11.6. The van der Waals surface area contributed by atoms with Crippen LogP contribution in [0.2, 0.25) is 0 Å². The molecule has 0 amide bonds. The van der Waals surface area contributed by atoms with Gasteiger partial charge < -0.3 is 5.32 Å². The molecule has 0 bridgehead atoms. The molecular weight excluding hydrogens is 286 g/mol. The van der Waals surface area contributed by atoms with Gasteiger partial charge in [0.05, 0.1) is 10.4 Å². The van der Waals surface area contributed by atoms with Crippen LogP contribution in [0.5, 0.6) is 0 Å². The maximum Gasteiger partial charge on any atom is 0.270 e. The lowest BCUT2D eigenvalue weighted by Crippen LogP contribution is -2.20. The summed E-state index contributed by atoms with van der Waals surface area (Å²) >= 11 is 2.03. The number of rotatable bonds is 4. The molecule has 5 nitrogen and oxygen atoms in total. The van der Waals surface area contributed by atoms with E-state index in [1.54, 1.807) is 12.1 Å². The third kappa shape index (κ3) is 3.44.